The predicted octanol–water partition coefficient (Wildman–Crippen LogP) is 12.6. The first-order valence-electron chi connectivity index (χ1n) is 30.8. The van der Waals surface area contributed by atoms with E-state index in [9.17, 15) is 27.2 Å². The molecule has 498 valence electrons. The van der Waals surface area contributed by atoms with Crippen molar-refractivity contribution in [1.29, 1.82) is 0 Å². The maximum atomic E-state index is 14.3. The molecule has 5 aliphatic rings. The summed E-state index contributed by atoms with van der Waals surface area (Å²) in [7, 11) is 7.04. The van der Waals surface area contributed by atoms with Crippen LogP contribution in [-0.4, -0.2) is 200 Å². The van der Waals surface area contributed by atoms with Gasteiger partial charge in [0, 0.05) is 96.2 Å². The molecule has 2 aliphatic carbocycles. The van der Waals surface area contributed by atoms with Crippen molar-refractivity contribution in [3.63, 3.8) is 0 Å². The lowest BCUT2D eigenvalue weighted by Gasteiger charge is -2.36. The molecule has 0 bridgehead atoms. The van der Waals surface area contributed by atoms with Gasteiger partial charge >= 0.3 is 19.3 Å². The smallest absolute Gasteiger partial charge is 0.444 e. The Bertz CT molecular complexity index is 2570. The molecule has 0 spiro atoms. The number of carbonyl (C=O) groups excluding carboxylic acids is 2. The molecule has 0 atom stereocenters. The highest BCUT2D eigenvalue weighted by Gasteiger charge is 2.53. The maximum absolute atomic E-state index is 14.3. The number of allylic oxidation sites excluding steroid dienone is 4. The summed E-state index contributed by atoms with van der Waals surface area (Å²) in [6, 6.07) is 0. The normalized spacial score (nSPS) is 19.4. The van der Waals surface area contributed by atoms with Gasteiger partial charge in [0.2, 0.25) is 0 Å². The minimum Gasteiger partial charge on any atom is -0.444 e. The summed E-state index contributed by atoms with van der Waals surface area (Å²) in [5.41, 5.74) is 4.30. The van der Waals surface area contributed by atoms with E-state index in [2.05, 4.69) is 70.9 Å². The largest absolute Gasteiger partial charge is 0.490 e. The van der Waals surface area contributed by atoms with Crippen LogP contribution in [0.4, 0.5) is 27.2 Å². The Hall–Kier alpha value is -3.62. The molecule has 1 fully saturated rings. The molecule has 5 heterocycles. The second kappa shape index (κ2) is 31.6. The highest BCUT2D eigenvalue weighted by Crippen LogP contribution is 2.46. The Kier molecular flexibility index (Phi) is 27.6. The van der Waals surface area contributed by atoms with E-state index in [-0.39, 0.29) is 74.7 Å². The molecule has 2 amide bonds. The third-order valence-corrected chi connectivity index (χ3v) is 17.4. The van der Waals surface area contributed by atoms with E-state index >= 15 is 0 Å². The van der Waals surface area contributed by atoms with Crippen LogP contribution in [0.2, 0.25) is 0 Å². The van der Waals surface area contributed by atoms with Crippen molar-refractivity contribution >= 4 is 40.8 Å². The number of likely N-dealkylation sites (N-methyl/N-ethyl adjacent to an activating group) is 4. The number of aromatic nitrogens is 4. The van der Waals surface area contributed by atoms with E-state index < -0.39 is 23.0 Å². The van der Waals surface area contributed by atoms with Crippen LogP contribution in [0.3, 0.4) is 0 Å². The average molecular weight is 1300 g/mol. The number of hydrogen-bond acceptors (Lipinski definition) is 14. The number of amides is 2. The van der Waals surface area contributed by atoms with Crippen LogP contribution in [0.1, 0.15) is 171 Å². The highest BCUT2D eigenvalue weighted by molar-refractivity contribution is 9.10. The lowest BCUT2D eigenvalue weighted by Crippen LogP contribution is -2.41. The van der Waals surface area contributed by atoms with Crippen LogP contribution in [0, 0.1) is 10.8 Å². The van der Waals surface area contributed by atoms with Gasteiger partial charge in [-0.1, -0.05) is 19.6 Å². The van der Waals surface area contributed by atoms with Crippen LogP contribution >= 0.6 is 15.9 Å². The Morgan fingerprint density at radius 2 is 1.01 bits per heavy atom. The van der Waals surface area contributed by atoms with Crippen molar-refractivity contribution in [3.05, 3.63) is 50.4 Å². The Labute approximate surface area is 527 Å². The summed E-state index contributed by atoms with van der Waals surface area (Å²) in [6.07, 6.45) is 8.59. The van der Waals surface area contributed by atoms with Gasteiger partial charge in [0.1, 0.15) is 24.3 Å². The summed E-state index contributed by atoms with van der Waals surface area (Å²) in [5, 5.41) is 8.93. The Morgan fingerprint density at radius 1 is 0.621 bits per heavy atom. The zero-order valence-electron chi connectivity index (χ0n) is 55.3. The van der Waals surface area contributed by atoms with E-state index in [0.29, 0.717) is 81.6 Å². The molecule has 24 heteroatoms. The van der Waals surface area contributed by atoms with Crippen molar-refractivity contribution in [2.24, 2.45) is 10.8 Å². The first kappa shape index (κ1) is 75.8. The fourth-order valence-corrected chi connectivity index (χ4v) is 11.3. The standard InChI is InChI=1S/C28H46F2N4O4.C18H33BO4.C16H25BrF2N4O2.CH4/c1-8-36-19-27(20-37-9-2)12-10-21(11-13-27)24-22(31-34-18-28(29,30)16-23(24)34)17-32(6)14-15-33(7)25(35)38-26(3,4)5;1-7-20-13-18(14-21-8-2)11-9-15(10-12-18)19-22-16(3,4)17(5,6)23-19;1-15(2,3)25-14(24)22(5)7-6-21(4)9-11-13(17)12-8-16(18,19)10-23(12)20-11;/h10H,8-9,11-20H2,1-7H3;9H,7-8,10-14H2,1-6H3;6-10H2,1-5H3;1H4. The molecule has 0 unspecified atom stereocenters. The van der Waals surface area contributed by atoms with E-state index in [1.807, 2.05) is 88.2 Å². The predicted molar refractivity (Wildman–Crippen MR) is 337 cm³/mol. The van der Waals surface area contributed by atoms with Crippen molar-refractivity contribution in [3.8, 4) is 0 Å². The zero-order valence-corrected chi connectivity index (χ0v) is 56.8. The van der Waals surface area contributed by atoms with E-state index in [1.54, 1.807) is 19.0 Å². The number of hydrogen-bond donors (Lipinski definition) is 0. The van der Waals surface area contributed by atoms with Gasteiger partial charge in [-0.2, -0.15) is 10.2 Å². The quantitative estimate of drug-likeness (QED) is 0.0722. The molecule has 1 saturated heterocycles. The Morgan fingerprint density at radius 3 is 1.39 bits per heavy atom. The van der Waals surface area contributed by atoms with Crippen molar-refractivity contribution in [1.82, 2.24) is 39.2 Å². The third-order valence-electron chi connectivity index (χ3n) is 16.5. The molecular weight excluding hydrogens is 1200 g/mol. The summed E-state index contributed by atoms with van der Waals surface area (Å²) in [5.74, 6) is -5.49. The van der Waals surface area contributed by atoms with Gasteiger partial charge in [-0.25, -0.2) is 27.2 Å². The number of rotatable bonds is 24. The van der Waals surface area contributed by atoms with Gasteiger partial charge in [0.05, 0.1) is 77.7 Å². The molecule has 87 heavy (non-hydrogen) atoms. The molecule has 2 aromatic rings. The SMILES string of the molecule is C.CCOCC1(COCC)CC=C(B2OC(C)(C)C(C)(C)O2)CC1.CCOCC1(COCC)CC=C(c2c(CN(C)CCN(C)C(=O)OC(C)(C)C)nn3c2CC(F)(F)C3)CC1.CN(CCN(C)C(=O)OC(C)(C)C)Cc1nn2c(c1Br)CC(F)(F)C2. The van der Waals surface area contributed by atoms with Gasteiger partial charge < -0.3 is 47.5 Å². The number of ether oxygens (including phenoxy) is 6. The average Bonchev–Trinajstić information content (AvgIpc) is 1.72. The van der Waals surface area contributed by atoms with Gasteiger partial charge in [-0.3, -0.25) is 19.2 Å². The lowest BCUT2D eigenvalue weighted by molar-refractivity contribution is -0.0222. The van der Waals surface area contributed by atoms with Crippen molar-refractivity contribution in [2.75, 3.05) is 107 Å². The highest BCUT2D eigenvalue weighted by atomic mass is 79.9. The summed E-state index contributed by atoms with van der Waals surface area (Å²) in [6.45, 7) is 35.5. The molecule has 0 radical (unpaired) electrons. The number of carbonyl (C=O) groups is 2. The number of halogens is 5. The van der Waals surface area contributed by atoms with Crippen molar-refractivity contribution < 1.29 is 64.9 Å². The van der Waals surface area contributed by atoms with Gasteiger partial charge in [-0.15, -0.1) is 0 Å². The maximum Gasteiger partial charge on any atom is 0.490 e. The summed E-state index contributed by atoms with van der Waals surface area (Å²) in [4.78, 5) is 31.4. The molecule has 3 aliphatic heterocycles. The van der Waals surface area contributed by atoms with Gasteiger partial charge in [0.15, 0.2) is 0 Å². The van der Waals surface area contributed by atoms with Crippen molar-refractivity contribution in [2.45, 2.75) is 216 Å². The molecular formula is C63H108BBrF4N8O10. The van der Waals surface area contributed by atoms with E-state index in [0.717, 1.165) is 87.5 Å². The molecule has 18 nitrogen and oxygen atoms in total. The van der Waals surface area contributed by atoms with Crippen LogP contribution in [0.5, 0.6) is 0 Å². The Balaban J connectivity index is 0.000000290. The number of nitrogens with zero attached hydrogens (tertiary/aromatic N) is 8. The van der Waals surface area contributed by atoms with E-state index in [1.165, 1.54) is 19.7 Å². The van der Waals surface area contributed by atoms with Crippen LogP contribution in [-0.2, 0) is 76.8 Å². The molecule has 0 N–H and O–H groups in total. The summed E-state index contributed by atoms with van der Waals surface area (Å²) >= 11 is 3.39. The molecule has 0 saturated carbocycles. The van der Waals surface area contributed by atoms with E-state index in [4.69, 9.17) is 37.7 Å². The monoisotopic (exact) mass is 1300 g/mol. The molecule has 0 aromatic carbocycles. The third kappa shape index (κ3) is 22.0. The number of fused-ring (bicyclic) bond motifs is 2. The van der Waals surface area contributed by atoms with Crippen LogP contribution in [0.25, 0.3) is 5.57 Å². The zero-order chi connectivity index (χ0) is 64.3. The summed E-state index contributed by atoms with van der Waals surface area (Å²) < 4.78 is 105. The minimum atomic E-state index is -2.78. The number of alkyl halides is 4. The van der Waals surface area contributed by atoms with Gasteiger partial charge in [0.25, 0.3) is 11.8 Å². The fourth-order valence-electron chi connectivity index (χ4n) is 10.7. The van der Waals surface area contributed by atoms with Crippen LogP contribution < -0.4 is 0 Å². The first-order chi connectivity index (χ1) is 39.9. The van der Waals surface area contributed by atoms with Crippen LogP contribution in [0.15, 0.2) is 22.1 Å². The van der Waals surface area contributed by atoms with Gasteiger partial charge in [-0.05, 0) is 177 Å². The lowest BCUT2D eigenvalue weighted by atomic mass is 9.66. The topological polar surface area (TPSA) is 157 Å². The molecule has 2 aromatic heterocycles. The second-order valence-electron chi connectivity index (χ2n) is 27.2. The minimum absolute atomic E-state index is 0. The molecule has 7 rings (SSSR count). The first-order valence-corrected chi connectivity index (χ1v) is 31.6. The fraction of sp³-hybridized carbons (Fsp3) is 0.810. The second-order valence-corrected chi connectivity index (χ2v) is 28.0.